The third-order valence-electron chi connectivity index (χ3n) is 3.67. The molecule has 94 valence electrons. The van der Waals surface area contributed by atoms with E-state index in [9.17, 15) is 0 Å². The molecule has 5 nitrogen and oxygen atoms in total. The molecule has 4 N–H and O–H groups in total. The minimum atomic E-state index is 0.246. The van der Waals surface area contributed by atoms with Crippen molar-refractivity contribution in [1.29, 1.82) is 0 Å². The van der Waals surface area contributed by atoms with Crippen LogP contribution in [0, 0.1) is 5.92 Å². The van der Waals surface area contributed by atoms with Crippen LogP contribution in [0.1, 0.15) is 32.6 Å². The van der Waals surface area contributed by atoms with E-state index in [0.29, 0.717) is 17.8 Å². The van der Waals surface area contributed by atoms with Crippen molar-refractivity contribution in [1.82, 2.24) is 9.97 Å². The molecular formula is C12H21N5. The minimum Gasteiger partial charge on any atom is -0.383 e. The van der Waals surface area contributed by atoms with Crippen LogP contribution in [-0.4, -0.2) is 23.1 Å². The van der Waals surface area contributed by atoms with Gasteiger partial charge in [0, 0.05) is 19.2 Å². The zero-order chi connectivity index (χ0) is 12.4. The van der Waals surface area contributed by atoms with Crippen molar-refractivity contribution in [3.63, 3.8) is 0 Å². The van der Waals surface area contributed by atoms with Gasteiger partial charge < -0.3 is 16.4 Å². The van der Waals surface area contributed by atoms with E-state index in [1.807, 2.05) is 0 Å². The summed E-state index contributed by atoms with van der Waals surface area (Å²) in [5, 5.41) is 0. The molecule has 1 saturated carbocycles. The Morgan fingerprint density at radius 2 is 1.94 bits per heavy atom. The Labute approximate surface area is 102 Å². The summed E-state index contributed by atoms with van der Waals surface area (Å²) in [6, 6.07) is 2.31. The normalized spacial score (nSPS) is 24.6. The van der Waals surface area contributed by atoms with E-state index in [2.05, 4.69) is 28.8 Å². The van der Waals surface area contributed by atoms with Crippen LogP contribution in [0.15, 0.2) is 6.07 Å². The summed E-state index contributed by atoms with van der Waals surface area (Å²) >= 11 is 0. The molecule has 0 spiro atoms. The lowest BCUT2D eigenvalue weighted by molar-refractivity contribution is 0.320. The maximum absolute atomic E-state index is 5.70. The molecule has 0 aliphatic heterocycles. The maximum atomic E-state index is 5.70. The first kappa shape index (κ1) is 12.0. The standard InChI is InChI=1S/C12H21N5/c1-8-5-3-4-6-9(8)17(2)11-7-10(13)15-12(14)16-11/h7-9H,3-6H2,1-2H3,(H4,13,14,15,16). The van der Waals surface area contributed by atoms with Crippen LogP contribution in [0.25, 0.3) is 0 Å². The van der Waals surface area contributed by atoms with Gasteiger partial charge in [0.05, 0.1) is 0 Å². The fourth-order valence-corrected chi connectivity index (χ4v) is 2.69. The van der Waals surface area contributed by atoms with Crippen LogP contribution in [0.2, 0.25) is 0 Å². The van der Waals surface area contributed by atoms with Gasteiger partial charge in [-0.1, -0.05) is 19.8 Å². The van der Waals surface area contributed by atoms with Crippen LogP contribution in [0.3, 0.4) is 0 Å². The smallest absolute Gasteiger partial charge is 0.223 e. The number of anilines is 3. The van der Waals surface area contributed by atoms with Gasteiger partial charge in [0.1, 0.15) is 11.6 Å². The lowest BCUT2D eigenvalue weighted by atomic mass is 9.85. The zero-order valence-electron chi connectivity index (χ0n) is 10.6. The van der Waals surface area contributed by atoms with Crippen LogP contribution in [0.5, 0.6) is 0 Å². The largest absolute Gasteiger partial charge is 0.383 e. The topological polar surface area (TPSA) is 81.1 Å². The highest BCUT2D eigenvalue weighted by Crippen LogP contribution is 2.30. The van der Waals surface area contributed by atoms with Gasteiger partial charge in [-0.2, -0.15) is 9.97 Å². The third kappa shape index (κ3) is 2.60. The van der Waals surface area contributed by atoms with Crippen molar-refractivity contribution < 1.29 is 0 Å². The molecule has 2 atom stereocenters. The Morgan fingerprint density at radius 3 is 2.59 bits per heavy atom. The molecule has 0 aromatic carbocycles. The van der Waals surface area contributed by atoms with E-state index in [4.69, 9.17) is 11.5 Å². The number of hydrogen-bond acceptors (Lipinski definition) is 5. The molecular weight excluding hydrogens is 214 g/mol. The molecule has 2 unspecified atom stereocenters. The second-order valence-corrected chi connectivity index (χ2v) is 4.95. The van der Waals surface area contributed by atoms with Crippen molar-refractivity contribution in [3.05, 3.63) is 6.07 Å². The monoisotopic (exact) mass is 235 g/mol. The molecule has 0 amide bonds. The lowest BCUT2D eigenvalue weighted by Gasteiger charge is -2.37. The summed E-state index contributed by atoms with van der Waals surface area (Å²) in [5.41, 5.74) is 11.3. The van der Waals surface area contributed by atoms with E-state index in [-0.39, 0.29) is 5.95 Å². The first-order valence-corrected chi connectivity index (χ1v) is 6.21. The van der Waals surface area contributed by atoms with Gasteiger partial charge in [0.2, 0.25) is 5.95 Å². The molecule has 1 aromatic rings. The van der Waals surface area contributed by atoms with E-state index in [1.165, 1.54) is 25.7 Å². The quantitative estimate of drug-likeness (QED) is 0.814. The predicted molar refractivity (Wildman–Crippen MR) is 70.7 cm³/mol. The molecule has 2 rings (SSSR count). The minimum absolute atomic E-state index is 0.246. The Bertz CT molecular complexity index is 372. The molecule has 0 saturated heterocycles. The highest BCUT2D eigenvalue weighted by atomic mass is 15.2. The molecule has 1 aliphatic rings. The van der Waals surface area contributed by atoms with Crippen molar-refractivity contribution in [2.75, 3.05) is 23.4 Å². The van der Waals surface area contributed by atoms with Gasteiger partial charge in [-0.15, -0.1) is 0 Å². The number of aromatic nitrogens is 2. The van der Waals surface area contributed by atoms with Gasteiger partial charge in [-0.25, -0.2) is 0 Å². The Balaban J connectivity index is 2.20. The van der Waals surface area contributed by atoms with Crippen molar-refractivity contribution in [3.8, 4) is 0 Å². The summed E-state index contributed by atoms with van der Waals surface area (Å²) in [4.78, 5) is 10.3. The van der Waals surface area contributed by atoms with Gasteiger partial charge in [0.25, 0.3) is 0 Å². The SMILES string of the molecule is CC1CCCCC1N(C)c1cc(N)nc(N)n1. The van der Waals surface area contributed by atoms with Crippen LogP contribution < -0.4 is 16.4 Å². The molecule has 1 aliphatic carbocycles. The van der Waals surface area contributed by atoms with Crippen molar-refractivity contribution >= 4 is 17.6 Å². The first-order valence-electron chi connectivity index (χ1n) is 6.21. The second-order valence-electron chi connectivity index (χ2n) is 4.95. The molecule has 0 bridgehead atoms. The highest BCUT2D eigenvalue weighted by Gasteiger charge is 2.26. The summed E-state index contributed by atoms with van der Waals surface area (Å²) in [5.74, 6) is 2.19. The fraction of sp³-hybridized carbons (Fsp3) is 0.667. The van der Waals surface area contributed by atoms with E-state index in [1.54, 1.807) is 6.07 Å². The average molecular weight is 235 g/mol. The number of nitrogens with zero attached hydrogens (tertiary/aromatic N) is 3. The molecule has 5 heteroatoms. The lowest BCUT2D eigenvalue weighted by Crippen LogP contribution is -2.39. The molecule has 1 fully saturated rings. The van der Waals surface area contributed by atoms with Crippen molar-refractivity contribution in [2.24, 2.45) is 5.92 Å². The predicted octanol–water partition coefficient (Wildman–Crippen LogP) is 1.66. The van der Waals surface area contributed by atoms with Crippen LogP contribution >= 0.6 is 0 Å². The van der Waals surface area contributed by atoms with Gasteiger partial charge in [0.15, 0.2) is 0 Å². The molecule has 1 heterocycles. The number of rotatable bonds is 2. The summed E-state index contributed by atoms with van der Waals surface area (Å²) in [7, 11) is 2.06. The Morgan fingerprint density at radius 1 is 1.24 bits per heavy atom. The van der Waals surface area contributed by atoms with Crippen LogP contribution in [0.4, 0.5) is 17.6 Å². The number of nitrogen functional groups attached to an aromatic ring is 2. The van der Waals surface area contributed by atoms with Crippen LogP contribution in [-0.2, 0) is 0 Å². The van der Waals surface area contributed by atoms with Gasteiger partial charge >= 0.3 is 0 Å². The third-order valence-corrected chi connectivity index (χ3v) is 3.67. The Kier molecular flexibility index (Phi) is 3.36. The molecule has 17 heavy (non-hydrogen) atoms. The van der Waals surface area contributed by atoms with Crippen molar-refractivity contribution in [2.45, 2.75) is 38.6 Å². The molecule has 1 aromatic heterocycles. The van der Waals surface area contributed by atoms with E-state index >= 15 is 0 Å². The van der Waals surface area contributed by atoms with Gasteiger partial charge in [-0.05, 0) is 18.8 Å². The maximum Gasteiger partial charge on any atom is 0.223 e. The average Bonchev–Trinajstić information content (AvgIpc) is 2.27. The fourth-order valence-electron chi connectivity index (χ4n) is 2.69. The van der Waals surface area contributed by atoms with E-state index < -0.39 is 0 Å². The Hall–Kier alpha value is -1.52. The molecule has 0 radical (unpaired) electrons. The summed E-state index contributed by atoms with van der Waals surface area (Å²) in [6.07, 6.45) is 5.11. The second kappa shape index (κ2) is 4.77. The zero-order valence-corrected chi connectivity index (χ0v) is 10.6. The highest BCUT2D eigenvalue weighted by molar-refractivity contribution is 5.50. The summed E-state index contributed by atoms with van der Waals surface area (Å²) in [6.45, 7) is 2.30. The first-order chi connectivity index (χ1) is 8.08. The number of hydrogen-bond donors (Lipinski definition) is 2. The van der Waals surface area contributed by atoms with E-state index in [0.717, 1.165) is 5.82 Å². The van der Waals surface area contributed by atoms with Gasteiger partial charge in [-0.3, -0.25) is 0 Å². The summed E-state index contributed by atoms with van der Waals surface area (Å²) < 4.78 is 0. The number of nitrogens with two attached hydrogens (primary N) is 2.